The summed E-state index contributed by atoms with van der Waals surface area (Å²) in [6.45, 7) is 1.81. The van der Waals surface area contributed by atoms with Crippen molar-refractivity contribution in [2.45, 2.75) is 37.1 Å². The number of aliphatic hydroxyl groups excluding tert-OH is 1. The SMILES string of the molecule is C[C@@]12O[C@@](CCOc3cccc(F)c3)(C[C@H]1O)c1c2c(O)n(-c2ccc(C#N)c3ncccc23)c1O. The molecular weight excluding hydrogens is 465 g/mol. The molecule has 1 fully saturated rings. The molecule has 2 aromatic heterocycles. The number of pyridine rings is 1. The van der Waals surface area contributed by atoms with Gasteiger partial charge in [0.25, 0.3) is 0 Å². The number of hydrogen-bond donors (Lipinski definition) is 3. The van der Waals surface area contributed by atoms with E-state index in [0.717, 1.165) is 0 Å². The van der Waals surface area contributed by atoms with E-state index in [1.54, 1.807) is 49.5 Å². The van der Waals surface area contributed by atoms with Crippen LogP contribution in [0.25, 0.3) is 16.6 Å². The first-order chi connectivity index (χ1) is 17.3. The van der Waals surface area contributed by atoms with E-state index >= 15 is 0 Å². The van der Waals surface area contributed by atoms with E-state index in [2.05, 4.69) is 11.1 Å². The fraction of sp³-hybridized carbons (Fsp3) is 0.259. The van der Waals surface area contributed by atoms with E-state index < -0.39 is 23.1 Å². The summed E-state index contributed by atoms with van der Waals surface area (Å²) in [5.74, 6) is -0.546. The molecule has 2 bridgehead atoms. The summed E-state index contributed by atoms with van der Waals surface area (Å²) in [5.41, 5.74) is -0.432. The zero-order valence-electron chi connectivity index (χ0n) is 19.3. The van der Waals surface area contributed by atoms with E-state index in [9.17, 15) is 25.0 Å². The van der Waals surface area contributed by atoms with E-state index in [0.29, 0.717) is 39.0 Å². The third-order valence-corrected chi connectivity index (χ3v) is 7.32. The average Bonchev–Trinajstić information content (AvgIpc) is 3.39. The van der Waals surface area contributed by atoms with Gasteiger partial charge < -0.3 is 24.8 Å². The molecular formula is C27H22FN3O5. The van der Waals surface area contributed by atoms with Crippen molar-refractivity contribution in [2.75, 3.05) is 6.61 Å². The van der Waals surface area contributed by atoms with Crippen LogP contribution in [0.1, 0.15) is 36.5 Å². The quantitative estimate of drug-likeness (QED) is 0.387. The van der Waals surface area contributed by atoms with Crippen molar-refractivity contribution in [3.63, 3.8) is 0 Å². The highest BCUT2D eigenvalue weighted by molar-refractivity contribution is 5.92. The van der Waals surface area contributed by atoms with Crippen LogP contribution in [0, 0.1) is 17.1 Å². The molecule has 2 aliphatic rings. The number of halogens is 1. The fourth-order valence-corrected chi connectivity index (χ4v) is 5.68. The van der Waals surface area contributed by atoms with E-state index in [1.165, 1.54) is 16.7 Å². The molecule has 9 heteroatoms. The van der Waals surface area contributed by atoms with Gasteiger partial charge in [-0.05, 0) is 43.3 Å². The summed E-state index contributed by atoms with van der Waals surface area (Å²) >= 11 is 0. The standard InChI is InChI=1S/C27H22FN3O5/c1-26-20(32)13-27(36-26,9-11-35-17-5-2-4-16(28)12-17)22-21(26)24(33)31(25(22)34)19-8-7-15(14-29)23-18(19)6-3-10-30-23/h2-8,10,12,20,32-34H,9,11,13H2,1H3/t20-,26-,27+/m1/s1. The van der Waals surface area contributed by atoms with Crippen molar-refractivity contribution in [1.82, 2.24) is 9.55 Å². The maximum atomic E-state index is 13.5. The lowest BCUT2D eigenvalue weighted by Crippen LogP contribution is -2.33. The maximum Gasteiger partial charge on any atom is 0.205 e. The number of fused-ring (bicyclic) bond motifs is 6. The number of aromatic hydroxyl groups is 2. The van der Waals surface area contributed by atoms with Gasteiger partial charge in [-0.3, -0.25) is 9.55 Å². The molecule has 6 rings (SSSR count). The number of nitriles is 1. The number of nitrogens with zero attached hydrogens (tertiary/aromatic N) is 3. The van der Waals surface area contributed by atoms with Gasteiger partial charge in [-0.25, -0.2) is 4.39 Å². The first-order valence-electron chi connectivity index (χ1n) is 11.5. The molecule has 0 radical (unpaired) electrons. The van der Waals surface area contributed by atoms with Crippen LogP contribution in [0.2, 0.25) is 0 Å². The first kappa shape index (κ1) is 22.3. The Hall–Kier alpha value is -4.13. The predicted molar refractivity (Wildman–Crippen MR) is 126 cm³/mol. The summed E-state index contributed by atoms with van der Waals surface area (Å²) in [4.78, 5) is 4.31. The Morgan fingerprint density at radius 3 is 2.78 bits per heavy atom. The van der Waals surface area contributed by atoms with Crippen LogP contribution in [0.3, 0.4) is 0 Å². The third-order valence-electron chi connectivity index (χ3n) is 7.32. The molecule has 0 aliphatic carbocycles. The largest absolute Gasteiger partial charge is 0.494 e. The van der Waals surface area contributed by atoms with E-state index in [-0.39, 0.29) is 31.2 Å². The molecule has 4 heterocycles. The van der Waals surface area contributed by atoms with Gasteiger partial charge >= 0.3 is 0 Å². The second-order valence-corrected chi connectivity index (χ2v) is 9.36. The Morgan fingerprint density at radius 1 is 1.19 bits per heavy atom. The highest BCUT2D eigenvalue weighted by Crippen LogP contribution is 2.65. The molecule has 36 heavy (non-hydrogen) atoms. The Morgan fingerprint density at radius 2 is 2.00 bits per heavy atom. The molecule has 0 amide bonds. The van der Waals surface area contributed by atoms with Crippen molar-refractivity contribution >= 4 is 10.9 Å². The molecule has 0 saturated carbocycles. The van der Waals surface area contributed by atoms with Crippen LogP contribution < -0.4 is 4.74 Å². The van der Waals surface area contributed by atoms with Crippen LogP contribution in [-0.2, 0) is 15.9 Å². The van der Waals surface area contributed by atoms with Crippen LogP contribution in [0.4, 0.5) is 4.39 Å². The Bertz CT molecular complexity index is 1580. The van der Waals surface area contributed by atoms with Crippen molar-refractivity contribution in [3.8, 4) is 29.3 Å². The van der Waals surface area contributed by atoms with Crippen molar-refractivity contribution in [1.29, 1.82) is 5.26 Å². The molecule has 8 nitrogen and oxygen atoms in total. The smallest absolute Gasteiger partial charge is 0.205 e. The van der Waals surface area contributed by atoms with Gasteiger partial charge in [0.2, 0.25) is 11.8 Å². The Balaban J connectivity index is 1.46. The second-order valence-electron chi connectivity index (χ2n) is 9.36. The summed E-state index contributed by atoms with van der Waals surface area (Å²) < 4.78 is 26.9. The Labute approximate surface area is 205 Å². The lowest BCUT2D eigenvalue weighted by Gasteiger charge is -2.26. The number of aliphatic hydroxyl groups is 1. The molecule has 3 N–H and O–H groups in total. The lowest BCUT2D eigenvalue weighted by molar-refractivity contribution is -0.107. The summed E-state index contributed by atoms with van der Waals surface area (Å²) in [7, 11) is 0. The fourth-order valence-electron chi connectivity index (χ4n) is 5.68. The van der Waals surface area contributed by atoms with Crippen molar-refractivity contribution < 1.29 is 29.2 Å². The normalized spacial score (nSPS) is 24.1. The number of benzene rings is 2. The summed E-state index contributed by atoms with van der Waals surface area (Å²) in [6, 6.07) is 14.6. The Kier molecular flexibility index (Phi) is 4.77. The van der Waals surface area contributed by atoms with Crippen LogP contribution in [-0.4, -0.2) is 37.6 Å². The van der Waals surface area contributed by atoms with Crippen molar-refractivity contribution in [2.24, 2.45) is 0 Å². The zero-order chi connectivity index (χ0) is 25.2. The van der Waals surface area contributed by atoms with Crippen LogP contribution in [0.15, 0.2) is 54.7 Å². The second kappa shape index (κ2) is 7.68. The number of hydrogen-bond acceptors (Lipinski definition) is 7. The topological polar surface area (TPSA) is 121 Å². The van der Waals surface area contributed by atoms with Gasteiger partial charge in [0, 0.05) is 30.5 Å². The highest BCUT2D eigenvalue weighted by Gasteiger charge is 2.66. The van der Waals surface area contributed by atoms with E-state index in [1.807, 2.05) is 0 Å². The minimum Gasteiger partial charge on any atom is -0.494 e. The lowest BCUT2D eigenvalue weighted by atomic mass is 9.76. The van der Waals surface area contributed by atoms with Gasteiger partial charge in [0.15, 0.2) is 0 Å². The van der Waals surface area contributed by atoms with Gasteiger partial charge in [0.05, 0.1) is 40.6 Å². The van der Waals surface area contributed by atoms with Gasteiger partial charge in [-0.2, -0.15) is 5.26 Å². The maximum absolute atomic E-state index is 13.5. The van der Waals surface area contributed by atoms with Gasteiger partial charge in [-0.1, -0.05) is 6.07 Å². The predicted octanol–water partition coefficient (Wildman–Crippen LogP) is 4.12. The number of ether oxygens (including phenoxy) is 2. The molecule has 0 unspecified atom stereocenters. The van der Waals surface area contributed by atoms with E-state index in [4.69, 9.17) is 9.47 Å². The van der Waals surface area contributed by atoms with Crippen molar-refractivity contribution in [3.05, 3.63) is 77.2 Å². The first-order valence-corrected chi connectivity index (χ1v) is 11.5. The monoisotopic (exact) mass is 487 g/mol. The molecule has 4 aromatic rings. The average molecular weight is 487 g/mol. The van der Waals surface area contributed by atoms with Gasteiger partial charge in [0.1, 0.15) is 28.8 Å². The van der Waals surface area contributed by atoms with Gasteiger partial charge in [-0.15, -0.1) is 0 Å². The summed E-state index contributed by atoms with van der Waals surface area (Å²) in [6.07, 6.45) is 1.08. The molecule has 1 saturated heterocycles. The summed E-state index contributed by atoms with van der Waals surface area (Å²) in [5, 5.41) is 43.8. The molecule has 2 aromatic carbocycles. The minimum atomic E-state index is -1.25. The van der Waals surface area contributed by atoms with Crippen LogP contribution >= 0.6 is 0 Å². The third kappa shape index (κ3) is 2.95. The molecule has 3 atom stereocenters. The number of aromatic nitrogens is 2. The molecule has 182 valence electrons. The highest BCUT2D eigenvalue weighted by atomic mass is 19.1. The minimum absolute atomic E-state index is 0.126. The van der Waals surface area contributed by atoms with Crippen LogP contribution in [0.5, 0.6) is 17.5 Å². The molecule has 0 spiro atoms. The zero-order valence-corrected chi connectivity index (χ0v) is 19.3. The number of rotatable bonds is 5. The molecule has 2 aliphatic heterocycles.